The number of hydrogen-bond donors (Lipinski definition) is 2. The zero-order valence-electron chi connectivity index (χ0n) is 12.1. The van der Waals surface area contributed by atoms with E-state index in [0.29, 0.717) is 17.1 Å². The van der Waals surface area contributed by atoms with Crippen LogP contribution in [0.5, 0.6) is 0 Å². The Bertz CT molecular complexity index is 476. The van der Waals surface area contributed by atoms with Gasteiger partial charge in [-0.2, -0.15) is 0 Å². The van der Waals surface area contributed by atoms with Crippen LogP contribution in [0, 0.1) is 0 Å². The number of carbonyl (C=O) groups excluding carboxylic acids is 1. The number of nitrogens with one attached hydrogen (secondary N) is 2. The van der Waals surface area contributed by atoms with E-state index in [1.165, 1.54) is 0 Å². The minimum atomic E-state index is 0.00688. The minimum Gasteiger partial charge on any atom is -0.325 e. The molecule has 1 aliphatic rings. The van der Waals surface area contributed by atoms with Gasteiger partial charge < -0.3 is 10.6 Å². The van der Waals surface area contributed by atoms with Gasteiger partial charge in [0.05, 0.1) is 10.7 Å². The summed E-state index contributed by atoms with van der Waals surface area (Å²) in [5, 5.41) is 6.82. The van der Waals surface area contributed by atoms with E-state index < -0.39 is 0 Å². The number of benzene rings is 1. The van der Waals surface area contributed by atoms with Gasteiger partial charge in [-0.15, -0.1) is 0 Å². The van der Waals surface area contributed by atoms with Crippen LogP contribution in [0.3, 0.4) is 0 Å². The molecule has 110 valence electrons. The first-order valence-electron chi connectivity index (χ1n) is 6.99. The highest BCUT2D eigenvalue weighted by Gasteiger charge is 2.29. The van der Waals surface area contributed by atoms with Crippen molar-refractivity contribution in [1.82, 2.24) is 10.2 Å². The van der Waals surface area contributed by atoms with Crippen LogP contribution in [0.25, 0.3) is 0 Å². The molecule has 0 aliphatic carbocycles. The van der Waals surface area contributed by atoms with Gasteiger partial charge in [0.25, 0.3) is 0 Å². The van der Waals surface area contributed by atoms with Crippen molar-refractivity contribution in [2.45, 2.75) is 25.8 Å². The summed E-state index contributed by atoms with van der Waals surface area (Å²) >= 11 is 6.03. The molecule has 0 aromatic heterocycles. The molecule has 0 bridgehead atoms. The van der Waals surface area contributed by atoms with Crippen molar-refractivity contribution < 1.29 is 4.79 Å². The van der Waals surface area contributed by atoms with Crippen LogP contribution in [-0.4, -0.2) is 42.5 Å². The Morgan fingerprint density at radius 2 is 2.20 bits per heavy atom. The number of nitrogens with zero attached hydrogens (tertiary/aromatic N) is 1. The first kappa shape index (κ1) is 15.3. The minimum absolute atomic E-state index is 0.00688. The number of carbonyl (C=O) groups is 1. The van der Waals surface area contributed by atoms with Crippen LogP contribution in [0.2, 0.25) is 5.02 Å². The second-order valence-electron chi connectivity index (χ2n) is 5.75. The molecule has 0 atom stereocenters. The fourth-order valence-electron chi connectivity index (χ4n) is 2.45. The molecule has 2 N–H and O–H groups in total. The number of amides is 1. The lowest BCUT2D eigenvalue weighted by Gasteiger charge is -2.42. The van der Waals surface area contributed by atoms with Crippen molar-refractivity contribution in [2.24, 2.45) is 0 Å². The summed E-state index contributed by atoms with van der Waals surface area (Å²) in [4.78, 5) is 14.4. The summed E-state index contributed by atoms with van der Waals surface area (Å²) in [7, 11) is 0. The van der Waals surface area contributed by atoms with Crippen molar-refractivity contribution in [3.05, 3.63) is 29.3 Å². The van der Waals surface area contributed by atoms with Gasteiger partial charge >= 0.3 is 0 Å². The lowest BCUT2D eigenvalue weighted by atomic mass is 10.00. The molecular weight excluding hydrogens is 274 g/mol. The fourth-order valence-corrected chi connectivity index (χ4v) is 2.63. The zero-order valence-corrected chi connectivity index (χ0v) is 12.8. The maximum Gasteiger partial charge on any atom is 0.225 e. The lowest BCUT2D eigenvalue weighted by molar-refractivity contribution is -0.116. The summed E-state index contributed by atoms with van der Waals surface area (Å²) < 4.78 is 0. The number of halogens is 1. The van der Waals surface area contributed by atoms with Gasteiger partial charge in [0, 0.05) is 38.1 Å². The quantitative estimate of drug-likeness (QED) is 0.896. The standard InChI is InChI=1S/C15H22ClN3O/c1-15(2)11-17-8-10-19(15)9-7-14(20)18-13-6-4-3-5-12(13)16/h3-6,17H,7-11H2,1-2H3,(H,18,20). The van der Waals surface area contributed by atoms with E-state index in [0.717, 1.165) is 26.2 Å². The maximum atomic E-state index is 12.0. The molecule has 20 heavy (non-hydrogen) atoms. The number of anilines is 1. The molecule has 5 heteroatoms. The zero-order chi connectivity index (χ0) is 14.6. The third-order valence-electron chi connectivity index (χ3n) is 3.73. The van der Waals surface area contributed by atoms with Gasteiger partial charge in [-0.1, -0.05) is 23.7 Å². The summed E-state index contributed by atoms with van der Waals surface area (Å²) in [6.45, 7) is 8.09. The summed E-state index contributed by atoms with van der Waals surface area (Å²) in [5.41, 5.74) is 0.780. The van der Waals surface area contributed by atoms with Crippen LogP contribution in [-0.2, 0) is 4.79 Å². The first-order valence-corrected chi connectivity index (χ1v) is 7.37. The topological polar surface area (TPSA) is 44.4 Å². The molecular formula is C15H22ClN3O. The van der Waals surface area contributed by atoms with Crippen molar-refractivity contribution in [3.8, 4) is 0 Å². The Balaban J connectivity index is 1.85. The second-order valence-corrected chi connectivity index (χ2v) is 6.16. The molecule has 1 fully saturated rings. The van der Waals surface area contributed by atoms with E-state index in [9.17, 15) is 4.79 Å². The van der Waals surface area contributed by atoms with E-state index in [1.54, 1.807) is 6.07 Å². The lowest BCUT2D eigenvalue weighted by Crippen LogP contribution is -2.58. The summed E-state index contributed by atoms with van der Waals surface area (Å²) in [6, 6.07) is 7.30. The van der Waals surface area contributed by atoms with Crippen molar-refractivity contribution in [3.63, 3.8) is 0 Å². The van der Waals surface area contributed by atoms with Crippen LogP contribution in [0.15, 0.2) is 24.3 Å². The van der Waals surface area contributed by atoms with Crippen LogP contribution in [0.1, 0.15) is 20.3 Å². The van der Waals surface area contributed by atoms with Gasteiger partial charge in [-0.3, -0.25) is 9.69 Å². The average molecular weight is 296 g/mol. The van der Waals surface area contributed by atoms with Crippen molar-refractivity contribution in [2.75, 3.05) is 31.5 Å². The number of rotatable bonds is 4. The van der Waals surface area contributed by atoms with Gasteiger partial charge in [0.2, 0.25) is 5.91 Å². The molecule has 4 nitrogen and oxygen atoms in total. The highest BCUT2D eigenvalue weighted by atomic mass is 35.5. The Morgan fingerprint density at radius 3 is 2.90 bits per heavy atom. The van der Waals surface area contributed by atoms with E-state index in [1.807, 2.05) is 18.2 Å². The average Bonchev–Trinajstić information content (AvgIpc) is 2.40. The van der Waals surface area contributed by atoms with E-state index in [4.69, 9.17) is 11.6 Å². The van der Waals surface area contributed by atoms with Gasteiger partial charge in [0.1, 0.15) is 0 Å². The predicted octanol–water partition coefficient (Wildman–Crippen LogP) is 2.35. The van der Waals surface area contributed by atoms with E-state index in [2.05, 4.69) is 29.4 Å². The molecule has 0 saturated carbocycles. The smallest absolute Gasteiger partial charge is 0.225 e. The molecule has 1 heterocycles. The molecule has 2 rings (SSSR count). The summed E-state index contributed by atoms with van der Waals surface area (Å²) in [6.07, 6.45) is 0.481. The predicted molar refractivity (Wildman–Crippen MR) is 83.2 cm³/mol. The molecule has 0 unspecified atom stereocenters. The first-order chi connectivity index (χ1) is 9.49. The Kier molecular flexibility index (Phi) is 5.02. The van der Waals surface area contributed by atoms with Gasteiger partial charge in [-0.05, 0) is 26.0 Å². The second kappa shape index (κ2) is 6.57. The monoisotopic (exact) mass is 295 g/mol. The number of para-hydroxylation sites is 1. The maximum absolute atomic E-state index is 12.0. The van der Waals surface area contributed by atoms with Crippen LogP contribution in [0.4, 0.5) is 5.69 Å². The van der Waals surface area contributed by atoms with Crippen molar-refractivity contribution in [1.29, 1.82) is 0 Å². The number of piperazine rings is 1. The molecule has 1 aromatic rings. The van der Waals surface area contributed by atoms with Crippen LogP contribution < -0.4 is 10.6 Å². The summed E-state index contributed by atoms with van der Waals surface area (Å²) in [5.74, 6) is 0.00688. The molecule has 0 radical (unpaired) electrons. The Morgan fingerprint density at radius 1 is 1.45 bits per heavy atom. The Hall–Kier alpha value is -1.10. The normalized spacial score (nSPS) is 18.8. The molecule has 1 saturated heterocycles. The third kappa shape index (κ3) is 3.95. The number of hydrogen-bond acceptors (Lipinski definition) is 3. The van der Waals surface area contributed by atoms with Crippen LogP contribution >= 0.6 is 11.6 Å². The largest absolute Gasteiger partial charge is 0.325 e. The molecule has 0 spiro atoms. The van der Waals surface area contributed by atoms with Gasteiger partial charge in [0.15, 0.2) is 0 Å². The van der Waals surface area contributed by atoms with E-state index >= 15 is 0 Å². The SMILES string of the molecule is CC1(C)CNCCN1CCC(=O)Nc1ccccc1Cl. The van der Waals surface area contributed by atoms with Crippen molar-refractivity contribution >= 4 is 23.2 Å². The highest BCUT2D eigenvalue weighted by Crippen LogP contribution is 2.21. The molecule has 1 aromatic carbocycles. The van der Waals surface area contributed by atoms with E-state index in [-0.39, 0.29) is 11.4 Å². The third-order valence-corrected chi connectivity index (χ3v) is 4.06. The molecule has 1 amide bonds. The highest BCUT2D eigenvalue weighted by molar-refractivity contribution is 6.33. The molecule has 1 aliphatic heterocycles. The van der Waals surface area contributed by atoms with Gasteiger partial charge in [-0.25, -0.2) is 0 Å². The fraction of sp³-hybridized carbons (Fsp3) is 0.533. The Labute approximate surface area is 125 Å².